The molecule has 2 rings (SSSR count). The third kappa shape index (κ3) is 4.53. The molecule has 142 valence electrons. The van der Waals surface area contributed by atoms with Gasteiger partial charge in [-0.15, -0.1) is 0 Å². The maximum atomic E-state index is 12.6. The van der Waals surface area contributed by atoms with E-state index in [2.05, 4.69) is 0 Å². The number of rotatable bonds is 5. The van der Waals surface area contributed by atoms with Gasteiger partial charge in [0.15, 0.2) is 0 Å². The number of carbonyl (C=O) groups is 3. The molecule has 0 saturated carbocycles. The maximum Gasteiger partial charge on any atom is 0.409 e. The Morgan fingerprint density at radius 1 is 0.885 bits per heavy atom. The molecule has 1 aliphatic heterocycles. The molecule has 0 atom stereocenters. The van der Waals surface area contributed by atoms with Crippen LogP contribution in [0, 0.1) is 0 Å². The minimum atomic E-state index is -0.334. The SMILES string of the molecule is CCOC(=O)N1CCN(C(=O)c2ccc(C(=O)N(CC)CC)cc2)CC1. The first-order valence-corrected chi connectivity index (χ1v) is 9.12. The van der Waals surface area contributed by atoms with Crippen molar-refractivity contribution >= 4 is 17.9 Å². The zero-order valence-corrected chi connectivity index (χ0v) is 15.7. The van der Waals surface area contributed by atoms with Gasteiger partial charge in [0, 0.05) is 50.4 Å². The lowest BCUT2D eigenvalue weighted by atomic mass is 10.1. The van der Waals surface area contributed by atoms with Crippen LogP contribution < -0.4 is 0 Å². The highest BCUT2D eigenvalue weighted by atomic mass is 16.6. The molecule has 0 N–H and O–H groups in total. The Kier molecular flexibility index (Phi) is 7.00. The van der Waals surface area contributed by atoms with E-state index in [1.807, 2.05) is 13.8 Å². The molecule has 1 heterocycles. The number of hydrogen-bond acceptors (Lipinski definition) is 4. The molecule has 0 bridgehead atoms. The van der Waals surface area contributed by atoms with Crippen LogP contribution in [0.4, 0.5) is 4.79 Å². The molecule has 7 nitrogen and oxygen atoms in total. The van der Waals surface area contributed by atoms with Crippen molar-refractivity contribution in [2.75, 3.05) is 45.9 Å². The van der Waals surface area contributed by atoms with Crippen molar-refractivity contribution in [1.82, 2.24) is 14.7 Å². The fraction of sp³-hybridized carbons (Fsp3) is 0.526. The Balaban J connectivity index is 1.96. The van der Waals surface area contributed by atoms with E-state index in [1.54, 1.807) is 45.9 Å². The van der Waals surface area contributed by atoms with Crippen LogP contribution in [-0.2, 0) is 4.74 Å². The van der Waals surface area contributed by atoms with Gasteiger partial charge in [-0.05, 0) is 45.0 Å². The highest BCUT2D eigenvalue weighted by Crippen LogP contribution is 2.12. The molecule has 3 amide bonds. The average molecular weight is 361 g/mol. The molecule has 0 unspecified atom stereocenters. The van der Waals surface area contributed by atoms with Crippen LogP contribution in [0.2, 0.25) is 0 Å². The zero-order valence-electron chi connectivity index (χ0n) is 15.7. The Morgan fingerprint density at radius 2 is 1.38 bits per heavy atom. The third-order valence-electron chi connectivity index (χ3n) is 4.52. The predicted octanol–water partition coefficient (Wildman–Crippen LogP) is 2.08. The molecule has 1 aromatic carbocycles. The Bertz CT molecular complexity index is 633. The van der Waals surface area contributed by atoms with E-state index in [9.17, 15) is 14.4 Å². The summed E-state index contributed by atoms with van der Waals surface area (Å²) < 4.78 is 4.98. The first-order valence-electron chi connectivity index (χ1n) is 9.12. The highest BCUT2D eigenvalue weighted by molar-refractivity contribution is 5.98. The lowest BCUT2D eigenvalue weighted by molar-refractivity contribution is 0.0570. The van der Waals surface area contributed by atoms with Crippen molar-refractivity contribution in [3.05, 3.63) is 35.4 Å². The van der Waals surface area contributed by atoms with E-state index in [-0.39, 0.29) is 17.9 Å². The van der Waals surface area contributed by atoms with E-state index >= 15 is 0 Å². The number of amides is 3. The third-order valence-corrected chi connectivity index (χ3v) is 4.52. The lowest BCUT2D eigenvalue weighted by Crippen LogP contribution is -2.50. The molecule has 0 aromatic heterocycles. The van der Waals surface area contributed by atoms with Crippen LogP contribution >= 0.6 is 0 Å². The minimum Gasteiger partial charge on any atom is -0.450 e. The highest BCUT2D eigenvalue weighted by Gasteiger charge is 2.25. The van der Waals surface area contributed by atoms with Gasteiger partial charge in [0.2, 0.25) is 0 Å². The molecular formula is C19H27N3O4. The summed E-state index contributed by atoms with van der Waals surface area (Å²) in [4.78, 5) is 41.7. The molecule has 0 spiro atoms. The van der Waals surface area contributed by atoms with E-state index in [0.717, 1.165) is 0 Å². The number of hydrogen-bond donors (Lipinski definition) is 0. The number of nitrogens with zero attached hydrogens (tertiary/aromatic N) is 3. The van der Waals surface area contributed by atoms with Gasteiger partial charge in [0.25, 0.3) is 11.8 Å². The monoisotopic (exact) mass is 361 g/mol. The van der Waals surface area contributed by atoms with Crippen molar-refractivity contribution < 1.29 is 19.1 Å². The molecule has 1 aromatic rings. The number of piperazine rings is 1. The summed E-state index contributed by atoms with van der Waals surface area (Å²) in [5, 5.41) is 0. The van der Waals surface area contributed by atoms with Crippen molar-refractivity contribution in [1.29, 1.82) is 0 Å². The molecule has 1 aliphatic rings. The molecule has 1 saturated heterocycles. The Morgan fingerprint density at radius 3 is 1.88 bits per heavy atom. The number of ether oxygens (including phenoxy) is 1. The lowest BCUT2D eigenvalue weighted by Gasteiger charge is -2.34. The van der Waals surface area contributed by atoms with Crippen LogP contribution in [0.5, 0.6) is 0 Å². The summed E-state index contributed by atoms with van der Waals surface area (Å²) in [6, 6.07) is 6.78. The van der Waals surface area contributed by atoms with E-state index in [0.29, 0.717) is 57.0 Å². The van der Waals surface area contributed by atoms with Gasteiger partial charge in [-0.2, -0.15) is 0 Å². The molecule has 26 heavy (non-hydrogen) atoms. The number of carbonyl (C=O) groups excluding carboxylic acids is 3. The van der Waals surface area contributed by atoms with Gasteiger partial charge in [-0.1, -0.05) is 0 Å². The second-order valence-corrected chi connectivity index (χ2v) is 6.03. The van der Waals surface area contributed by atoms with Gasteiger partial charge < -0.3 is 19.4 Å². The second kappa shape index (κ2) is 9.22. The standard InChI is InChI=1S/C19H27N3O4/c1-4-20(5-2)17(23)15-7-9-16(10-8-15)18(24)21-11-13-22(14-12-21)19(25)26-6-3/h7-10H,4-6,11-14H2,1-3H3. The topological polar surface area (TPSA) is 70.2 Å². The zero-order chi connectivity index (χ0) is 19.1. The first kappa shape index (κ1) is 19.8. The van der Waals surface area contributed by atoms with Crippen molar-refractivity contribution in [2.24, 2.45) is 0 Å². The fourth-order valence-electron chi connectivity index (χ4n) is 2.94. The summed E-state index contributed by atoms with van der Waals surface area (Å²) >= 11 is 0. The van der Waals surface area contributed by atoms with Gasteiger partial charge >= 0.3 is 6.09 Å². The van der Waals surface area contributed by atoms with Crippen LogP contribution in [0.15, 0.2) is 24.3 Å². The van der Waals surface area contributed by atoms with Crippen molar-refractivity contribution in [3.63, 3.8) is 0 Å². The largest absolute Gasteiger partial charge is 0.450 e. The quantitative estimate of drug-likeness (QED) is 0.805. The summed E-state index contributed by atoms with van der Waals surface area (Å²) in [6.07, 6.45) is -0.334. The predicted molar refractivity (Wildman–Crippen MR) is 98.2 cm³/mol. The van der Waals surface area contributed by atoms with Crippen LogP contribution in [0.1, 0.15) is 41.5 Å². The van der Waals surface area contributed by atoms with E-state index in [4.69, 9.17) is 4.74 Å². The molecule has 0 aliphatic carbocycles. The fourth-order valence-corrected chi connectivity index (χ4v) is 2.94. The number of benzene rings is 1. The summed E-state index contributed by atoms with van der Waals surface area (Å²) in [5.74, 6) is -0.118. The normalized spacial score (nSPS) is 14.1. The average Bonchev–Trinajstić information content (AvgIpc) is 2.68. The smallest absolute Gasteiger partial charge is 0.409 e. The van der Waals surface area contributed by atoms with Crippen LogP contribution in [0.3, 0.4) is 0 Å². The maximum absolute atomic E-state index is 12.6. The first-order chi connectivity index (χ1) is 12.5. The molecular weight excluding hydrogens is 334 g/mol. The van der Waals surface area contributed by atoms with Gasteiger partial charge in [0.1, 0.15) is 0 Å². The van der Waals surface area contributed by atoms with E-state index < -0.39 is 0 Å². The van der Waals surface area contributed by atoms with E-state index in [1.165, 1.54) is 0 Å². The van der Waals surface area contributed by atoms with Gasteiger partial charge in [-0.25, -0.2) is 4.79 Å². The van der Waals surface area contributed by atoms with Gasteiger partial charge in [-0.3, -0.25) is 9.59 Å². The molecule has 0 radical (unpaired) electrons. The Labute approximate surface area is 154 Å². The summed E-state index contributed by atoms with van der Waals surface area (Å²) in [6.45, 7) is 9.16. The Hall–Kier alpha value is -2.57. The van der Waals surface area contributed by atoms with Crippen LogP contribution in [-0.4, -0.2) is 78.5 Å². The minimum absolute atomic E-state index is 0.0305. The molecule has 1 fully saturated rings. The van der Waals surface area contributed by atoms with Crippen molar-refractivity contribution in [3.8, 4) is 0 Å². The second-order valence-electron chi connectivity index (χ2n) is 6.03. The van der Waals surface area contributed by atoms with Crippen LogP contribution in [0.25, 0.3) is 0 Å². The van der Waals surface area contributed by atoms with Gasteiger partial charge in [0.05, 0.1) is 6.61 Å². The molecule has 7 heteroatoms. The summed E-state index contributed by atoms with van der Waals surface area (Å²) in [7, 11) is 0. The van der Waals surface area contributed by atoms with Crippen molar-refractivity contribution in [2.45, 2.75) is 20.8 Å². The summed E-state index contributed by atoms with van der Waals surface area (Å²) in [5.41, 5.74) is 1.13.